The number of carbonyl (C=O) groups is 1. The number of aliphatic hydroxyl groups excluding tert-OH is 1. The van der Waals surface area contributed by atoms with Gasteiger partial charge < -0.3 is 9.84 Å². The van der Waals surface area contributed by atoms with E-state index in [9.17, 15) is 14.3 Å². The summed E-state index contributed by atoms with van der Waals surface area (Å²) >= 11 is 0. The van der Waals surface area contributed by atoms with Crippen LogP contribution in [0, 0.1) is 5.82 Å². The second kappa shape index (κ2) is 8.20. The summed E-state index contributed by atoms with van der Waals surface area (Å²) in [4.78, 5) is 14.5. The normalized spacial score (nSPS) is 19.1. The Labute approximate surface area is 156 Å². The number of benzene rings is 2. The number of esters is 1. The van der Waals surface area contributed by atoms with Gasteiger partial charge in [0.2, 0.25) is 0 Å². The molecule has 0 aliphatic heterocycles. The van der Waals surface area contributed by atoms with Gasteiger partial charge in [0.1, 0.15) is 11.9 Å². The van der Waals surface area contributed by atoms with Crippen LogP contribution < -0.4 is 0 Å². The molecule has 2 aromatic rings. The summed E-state index contributed by atoms with van der Waals surface area (Å²) in [5.74, 6) is -1.29. The number of aliphatic hydroxyl groups is 1. The van der Waals surface area contributed by atoms with Gasteiger partial charge in [0.05, 0.1) is 12.6 Å². The zero-order valence-electron chi connectivity index (χ0n) is 14.9. The van der Waals surface area contributed by atoms with E-state index in [2.05, 4.69) is 10.0 Å². The SMILES string of the molecule is CC(=O)O[C@H]1c2cc(F)ccc2Cc2ccccc2[C@H]1C[C@@H](O)CN=[N+]=[N-]. The third-order valence-electron chi connectivity index (χ3n) is 4.79. The van der Waals surface area contributed by atoms with Crippen molar-refractivity contribution in [2.24, 2.45) is 5.11 Å². The zero-order chi connectivity index (χ0) is 19.4. The highest BCUT2D eigenvalue weighted by Gasteiger charge is 2.35. The first kappa shape index (κ1) is 18.9. The molecule has 2 aromatic carbocycles. The van der Waals surface area contributed by atoms with Gasteiger partial charge >= 0.3 is 5.97 Å². The average molecular weight is 369 g/mol. The summed E-state index contributed by atoms with van der Waals surface area (Å²) in [5, 5.41) is 13.7. The van der Waals surface area contributed by atoms with Crippen molar-refractivity contribution < 1.29 is 19.0 Å². The van der Waals surface area contributed by atoms with Crippen molar-refractivity contribution in [2.45, 2.75) is 37.9 Å². The van der Waals surface area contributed by atoms with Gasteiger partial charge in [0, 0.05) is 17.8 Å². The number of fused-ring (bicyclic) bond motifs is 2. The minimum absolute atomic E-state index is 0.0854. The molecule has 0 fully saturated rings. The number of ether oxygens (including phenoxy) is 1. The standard InChI is InChI=1S/C20H20FN3O3/c1-12(25)27-20-18-9-15(21)7-6-14(18)8-13-4-2-3-5-17(13)19(20)10-16(26)11-23-24-22/h2-7,9,16,19-20,26H,8,10-11H2,1H3/t16-,19-,20+/m1/s1. The molecule has 0 saturated carbocycles. The second-order valence-electron chi connectivity index (χ2n) is 6.66. The van der Waals surface area contributed by atoms with Crippen molar-refractivity contribution in [2.75, 3.05) is 6.54 Å². The molecule has 0 aromatic heterocycles. The average Bonchev–Trinajstić information content (AvgIpc) is 2.75. The van der Waals surface area contributed by atoms with E-state index < -0.39 is 29.9 Å². The van der Waals surface area contributed by atoms with Crippen LogP contribution in [0.3, 0.4) is 0 Å². The van der Waals surface area contributed by atoms with Crippen molar-refractivity contribution in [3.05, 3.63) is 81.0 Å². The fourth-order valence-corrected chi connectivity index (χ4v) is 3.71. The molecule has 0 unspecified atom stereocenters. The van der Waals surface area contributed by atoms with Gasteiger partial charge in [-0.3, -0.25) is 4.79 Å². The number of hydrogen-bond donors (Lipinski definition) is 1. The molecule has 1 N–H and O–H groups in total. The molecule has 3 rings (SSSR count). The predicted octanol–water partition coefficient (Wildman–Crippen LogP) is 4.18. The molecule has 140 valence electrons. The maximum atomic E-state index is 14.0. The number of rotatable bonds is 5. The predicted molar refractivity (Wildman–Crippen MR) is 97.5 cm³/mol. The van der Waals surface area contributed by atoms with Crippen LogP contribution in [0.4, 0.5) is 4.39 Å². The number of carbonyl (C=O) groups excluding carboxylic acids is 1. The van der Waals surface area contributed by atoms with Crippen molar-refractivity contribution in [3.8, 4) is 0 Å². The van der Waals surface area contributed by atoms with Gasteiger partial charge in [-0.15, -0.1) is 0 Å². The van der Waals surface area contributed by atoms with Crippen LogP contribution in [0.5, 0.6) is 0 Å². The largest absolute Gasteiger partial charge is 0.457 e. The molecule has 0 saturated heterocycles. The molecule has 1 aliphatic carbocycles. The van der Waals surface area contributed by atoms with Gasteiger partial charge in [-0.25, -0.2) is 4.39 Å². The van der Waals surface area contributed by atoms with Crippen LogP contribution in [0.25, 0.3) is 10.4 Å². The Morgan fingerprint density at radius 1 is 1.33 bits per heavy atom. The summed E-state index contributed by atoms with van der Waals surface area (Å²) in [5.41, 5.74) is 11.9. The Morgan fingerprint density at radius 3 is 2.81 bits per heavy atom. The van der Waals surface area contributed by atoms with Gasteiger partial charge in [-0.05, 0) is 52.8 Å². The Kier molecular flexibility index (Phi) is 5.74. The highest BCUT2D eigenvalue weighted by atomic mass is 19.1. The maximum Gasteiger partial charge on any atom is 0.303 e. The Morgan fingerprint density at radius 2 is 2.07 bits per heavy atom. The van der Waals surface area contributed by atoms with E-state index in [-0.39, 0.29) is 13.0 Å². The molecule has 7 heteroatoms. The number of nitrogens with zero attached hydrogens (tertiary/aromatic N) is 3. The van der Waals surface area contributed by atoms with E-state index in [4.69, 9.17) is 10.3 Å². The molecule has 0 heterocycles. The van der Waals surface area contributed by atoms with Gasteiger partial charge in [0.25, 0.3) is 0 Å². The molecule has 6 nitrogen and oxygen atoms in total. The van der Waals surface area contributed by atoms with Gasteiger partial charge in [0.15, 0.2) is 0 Å². The molecule has 1 aliphatic rings. The molecule has 27 heavy (non-hydrogen) atoms. The fraction of sp³-hybridized carbons (Fsp3) is 0.350. The summed E-state index contributed by atoms with van der Waals surface area (Å²) in [6.45, 7) is 1.22. The van der Waals surface area contributed by atoms with Crippen LogP contribution in [-0.2, 0) is 16.0 Å². The minimum atomic E-state index is -0.910. The Balaban J connectivity index is 2.12. The van der Waals surface area contributed by atoms with E-state index in [1.54, 1.807) is 6.07 Å². The lowest BCUT2D eigenvalue weighted by molar-refractivity contribution is -0.148. The van der Waals surface area contributed by atoms with Crippen LogP contribution >= 0.6 is 0 Å². The summed E-state index contributed by atoms with van der Waals surface area (Å²) in [7, 11) is 0. The van der Waals surface area contributed by atoms with Crippen molar-refractivity contribution >= 4 is 5.97 Å². The highest BCUT2D eigenvalue weighted by Crippen LogP contribution is 2.44. The molecular weight excluding hydrogens is 349 g/mol. The van der Waals surface area contributed by atoms with Crippen molar-refractivity contribution in [1.82, 2.24) is 0 Å². The van der Waals surface area contributed by atoms with Crippen LogP contribution in [-0.4, -0.2) is 23.7 Å². The molecule has 3 atom stereocenters. The van der Waals surface area contributed by atoms with Crippen LogP contribution in [0.2, 0.25) is 0 Å². The first-order valence-corrected chi connectivity index (χ1v) is 8.72. The highest BCUT2D eigenvalue weighted by molar-refractivity contribution is 5.66. The number of azide groups is 1. The smallest absolute Gasteiger partial charge is 0.303 e. The summed E-state index contributed by atoms with van der Waals surface area (Å²) in [6.07, 6.45) is -0.860. The van der Waals surface area contributed by atoms with E-state index in [1.165, 1.54) is 19.1 Å². The summed E-state index contributed by atoms with van der Waals surface area (Å²) in [6, 6.07) is 12.2. The molecule has 0 bridgehead atoms. The third-order valence-corrected chi connectivity index (χ3v) is 4.79. The monoisotopic (exact) mass is 369 g/mol. The molecule has 0 radical (unpaired) electrons. The van der Waals surface area contributed by atoms with E-state index >= 15 is 0 Å². The van der Waals surface area contributed by atoms with Gasteiger partial charge in [-0.2, -0.15) is 0 Å². The first-order valence-electron chi connectivity index (χ1n) is 8.72. The second-order valence-corrected chi connectivity index (χ2v) is 6.66. The lowest BCUT2D eigenvalue weighted by atomic mass is 9.84. The number of halogens is 1. The van der Waals surface area contributed by atoms with E-state index in [0.29, 0.717) is 12.0 Å². The van der Waals surface area contributed by atoms with Crippen LogP contribution in [0.15, 0.2) is 47.6 Å². The van der Waals surface area contributed by atoms with Crippen LogP contribution in [0.1, 0.15) is 47.6 Å². The van der Waals surface area contributed by atoms with E-state index in [0.717, 1.165) is 16.7 Å². The zero-order valence-corrected chi connectivity index (χ0v) is 14.9. The first-order chi connectivity index (χ1) is 13.0. The summed E-state index contributed by atoms with van der Waals surface area (Å²) < 4.78 is 19.6. The third kappa shape index (κ3) is 4.27. The molecule has 0 amide bonds. The lowest BCUT2D eigenvalue weighted by Crippen LogP contribution is -2.23. The quantitative estimate of drug-likeness (QED) is 0.371. The Bertz CT molecular complexity index is 896. The Hall–Kier alpha value is -2.89. The lowest BCUT2D eigenvalue weighted by Gasteiger charge is -2.29. The molecular formula is C20H20FN3O3. The van der Waals surface area contributed by atoms with Crippen molar-refractivity contribution in [1.29, 1.82) is 0 Å². The number of hydrogen-bond acceptors (Lipinski definition) is 4. The van der Waals surface area contributed by atoms with E-state index in [1.807, 2.05) is 24.3 Å². The molecule has 0 spiro atoms. The topological polar surface area (TPSA) is 95.3 Å². The maximum absolute atomic E-state index is 14.0. The fourth-order valence-electron chi connectivity index (χ4n) is 3.71. The van der Waals surface area contributed by atoms with Gasteiger partial charge in [-0.1, -0.05) is 35.4 Å². The van der Waals surface area contributed by atoms with Crippen molar-refractivity contribution in [3.63, 3.8) is 0 Å². The minimum Gasteiger partial charge on any atom is -0.457 e.